The van der Waals surface area contributed by atoms with Gasteiger partial charge in [0.25, 0.3) is 0 Å². The predicted octanol–water partition coefficient (Wildman–Crippen LogP) is 5.87. The molecule has 0 amide bonds. The Balaban J connectivity index is 2.59. The zero-order chi connectivity index (χ0) is 15.7. The first-order valence-corrected chi connectivity index (χ1v) is 9.70. The van der Waals surface area contributed by atoms with Crippen molar-refractivity contribution < 1.29 is 4.55 Å². The molecule has 0 saturated heterocycles. The molecule has 1 aromatic carbocycles. The van der Waals surface area contributed by atoms with Crippen LogP contribution in [-0.2, 0) is 11.2 Å². The van der Waals surface area contributed by atoms with E-state index in [1.165, 1.54) is 43.6 Å². The van der Waals surface area contributed by atoms with Crippen LogP contribution in [0.5, 0.6) is 0 Å². The average Bonchev–Trinajstić information content (AvgIpc) is 2.49. The summed E-state index contributed by atoms with van der Waals surface area (Å²) < 4.78 is 12.3. The number of hydrogen-bond donors (Lipinski definition) is 0. The van der Waals surface area contributed by atoms with E-state index in [1.807, 2.05) is 0 Å². The van der Waals surface area contributed by atoms with Gasteiger partial charge in [-0.2, -0.15) is 0 Å². The van der Waals surface area contributed by atoms with Gasteiger partial charge >= 0.3 is 0 Å². The van der Waals surface area contributed by atoms with Crippen molar-refractivity contribution in [3.63, 3.8) is 0 Å². The number of unbranched alkanes of at least 4 members (excludes halogenated alkanes) is 3. The van der Waals surface area contributed by atoms with Gasteiger partial charge in [-0.25, -0.2) is 0 Å². The summed E-state index contributed by atoms with van der Waals surface area (Å²) in [4.78, 5) is 0.985. The van der Waals surface area contributed by atoms with E-state index < -0.39 is 11.2 Å². The molecule has 0 bridgehead atoms. The highest BCUT2D eigenvalue weighted by atomic mass is 32.2. The number of rotatable bonds is 10. The van der Waals surface area contributed by atoms with Crippen LogP contribution in [-0.4, -0.2) is 10.3 Å². The van der Waals surface area contributed by atoms with E-state index in [1.54, 1.807) is 0 Å². The molecule has 0 N–H and O–H groups in total. The maximum Gasteiger partial charge on any atom is 0.152 e. The summed E-state index contributed by atoms with van der Waals surface area (Å²) in [6.07, 6.45) is 7.14. The fraction of sp³-hybridized carbons (Fsp3) is 0.632. The molecule has 0 saturated carbocycles. The highest BCUT2D eigenvalue weighted by molar-refractivity contribution is 7.91. The van der Waals surface area contributed by atoms with Gasteiger partial charge in [-0.15, -0.1) is 0 Å². The van der Waals surface area contributed by atoms with Crippen molar-refractivity contribution in [3.8, 4) is 0 Å². The van der Waals surface area contributed by atoms with Crippen molar-refractivity contribution in [2.75, 3.05) is 5.75 Å². The molecular formula is C19H31OS. The second-order valence-electron chi connectivity index (χ2n) is 6.10. The summed E-state index contributed by atoms with van der Waals surface area (Å²) in [6, 6.07) is 8.48. The Morgan fingerprint density at radius 3 is 2.19 bits per heavy atom. The Bertz CT molecular complexity index is 372. The molecule has 119 valence electrons. The molecule has 2 unspecified atom stereocenters. The van der Waals surface area contributed by atoms with Crippen molar-refractivity contribution in [2.24, 2.45) is 0 Å². The standard InChI is InChI=1S/C19H31OS/c1-5-7-8-9-15-21(20)18-13-11-17(12-14-18)19(10-6-2)16(3)4/h11-14,19H,5-10,15H2,1-4H3. The minimum absolute atomic E-state index is 0.544. The Hall–Kier alpha value is -0.470. The Kier molecular flexibility index (Phi) is 9.10. The molecule has 0 aromatic heterocycles. The maximum atomic E-state index is 12.3. The van der Waals surface area contributed by atoms with Gasteiger partial charge < -0.3 is 4.55 Å². The lowest BCUT2D eigenvalue weighted by Crippen LogP contribution is -2.08. The van der Waals surface area contributed by atoms with Crippen LogP contribution in [0.15, 0.2) is 29.2 Å². The van der Waals surface area contributed by atoms with Crippen LogP contribution in [0, 0.1) is 5.92 Å². The minimum atomic E-state index is -0.830. The summed E-state index contributed by atoms with van der Waals surface area (Å²) in [7, 11) is 0. The molecule has 2 heteroatoms. The Morgan fingerprint density at radius 1 is 1.00 bits per heavy atom. The topological polar surface area (TPSA) is 23.1 Å². The van der Waals surface area contributed by atoms with Crippen LogP contribution in [0.4, 0.5) is 0 Å². The largest absolute Gasteiger partial charge is 0.611 e. The van der Waals surface area contributed by atoms with E-state index in [0.717, 1.165) is 17.1 Å². The molecule has 1 nitrogen and oxygen atoms in total. The first-order chi connectivity index (χ1) is 10.1. The van der Waals surface area contributed by atoms with E-state index in [2.05, 4.69) is 52.0 Å². The van der Waals surface area contributed by atoms with Crippen molar-refractivity contribution in [3.05, 3.63) is 35.7 Å². The molecule has 1 rings (SSSR count). The second kappa shape index (κ2) is 10.3. The van der Waals surface area contributed by atoms with Crippen LogP contribution < -0.4 is 0 Å². The summed E-state index contributed by atoms with van der Waals surface area (Å²) >= 11 is -0.830. The van der Waals surface area contributed by atoms with E-state index in [4.69, 9.17) is 0 Å². The number of hydrogen-bond acceptors (Lipinski definition) is 1. The quantitative estimate of drug-likeness (QED) is 0.391. The van der Waals surface area contributed by atoms with Gasteiger partial charge in [0.05, 0.1) is 0 Å². The molecule has 0 heterocycles. The van der Waals surface area contributed by atoms with E-state index in [-0.39, 0.29) is 0 Å². The third-order valence-electron chi connectivity index (χ3n) is 4.00. The first kappa shape index (κ1) is 18.6. The fourth-order valence-corrected chi connectivity index (χ4v) is 3.85. The lowest BCUT2D eigenvalue weighted by atomic mass is 9.85. The number of benzene rings is 1. The lowest BCUT2D eigenvalue weighted by Gasteiger charge is -2.20. The molecular weight excluding hydrogens is 276 g/mol. The van der Waals surface area contributed by atoms with E-state index in [0.29, 0.717) is 5.92 Å². The molecule has 0 aliphatic carbocycles. The van der Waals surface area contributed by atoms with Crippen LogP contribution in [0.25, 0.3) is 0 Å². The molecule has 0 spiro atoms. The molecule has 1 aromatic rings. The van der Waals surface area contributed by atoms with Gasteiger partial charge in [0.1, 0.15) is 5.75 Å². The monoisotopic (exact) mass is 307 g/mol. The summed E-state index contributed by atoms with van der Waals surface area (Å²) in [5, 5.41) is 0. The fourth-order valence-electron chi connectivity index (χ4n) is 2.71. The zero-order valence-corrected chi connectivity index (χ0v) is 15.0. The van der Waals surface area contributed by atoms with Crippen molar-refractivity contribution in [2.45, 2.75) is 77.0 Å². The predicted molar refractivity (Wildman–Crippen MR) is 94.1 cm³/mol. The molecule has 0 aliphatic heterocycles. The van der Waals surface area contributed by atoms with E-state index in [9.17, 15) is 4.55 Å². The van der Waals surface area contributed by atoms with Crippen molar-refractivity contribution >= 4 is 11.2 Å². The zero-order valence-electron chi connectivity index (χ0n) is 14.2. The minimum Gasteiger partial charge on any atom is -0.611 e. The van der Waals surface area contributed by atoms with Gasteiger partial charge in [0.2, 0.25) is 0 Å². The average molecular weight is 308 g/mol. The lowest BCUT2D eigenvalue weighted by molar-refractivity contribution is 0.587. The Labute approximate surface area is 134 Å². The van der Waals surface area contributed by atoms with Gasteiger partial charge in [0.15, 0.2) is 4.90 Å². The van der Waals surface area contributed by atoms with Gasteiger partial charge in [-0.1, -0.05) is 59.1 Å². The Morgan fingerprint density at radius 2 is 1.67 bits per heavy atom. The van der Waals surface area contributed by atoms with Crippen LogP contribution in [0.2, 0.25) is 0 Å². The molecule has 0 aliphatic rings. The van der Waals surface area contributed by atoms with Crippen molar-refractivity contribution in [1.82, 2.24) is 0 Å². The summed E-state index contributed by atoms with van der Waals surface area (Å²) in [5.41, 5.74) is 1.36. The molecule has 1 radical (unpaired) electrons. The molecule has 21 heavy (non-hydrogen) atoms. The highest BCUT2D eigenvalue weighted by Crippen LogP contribution is 2.31. The highest BCUT2D eigenvalue weighted by Gasteiger charge is 2.17. The summed E-state index contributed by atoms with van der Waals surface area (Å²) in [5.74, 6) is 2.81. The SMILES string of the molecule is CCCCCC[S+]([O-])c1ccc(C(CCC)[C](C)C)cc1. The van der Waals surface area contributed by atoms with Gasteiger partial charge in [0, 0.05) is 0 Å². The smallest absolute Gasteiger partial charge is 0.152 e. The normalized spacial score (nSPS) is 14.4. The van der Waals surface area contributed by atoms with Crippen LogP contribution in [0.1, 0.15) is 77.7 Å². The second-order valence-corrected chi connectivity index (χ2v) is 7.67. The van der Waals surface area contributed by atoms with Crippen molar-refractivity contribution in [1.29, 1.82) is 0 Å². The van der Waals surface area contributed by atoms with Crippen LogP contribution >= 0.6 is 0 Å². The van der Waals surface area contributed by atoms with Crippen LogP contribution in [0.3, 0.4) is 0 Å². The third kappa shape index (κ3) is 6.44. The first-order valence-electron chi connectivity index (χ1n) is 8.38. The molecule has 2 atom stereocenters. The third-order valence-corrected chi connectivity index (χ3v) is 5.46. The maximum absolute atomic E-state index is 12.3. The van der Waals surface area contributed by atoms with Gasteiger partial charge in [-0.3, -0.25) is 0 Å². The molecule has 0 fully saturated rings. The van der Waals surface area contributed by atoms with E-state index >= 15 is 0 Å². The summed E-state index contributed by atoms with van der Waals surface area (Å²) in [6.45, 7) is 8.85. The van der Waals surface area contributed by atoms with Gasteiger partial charge in [-0.05, 0) is 60.0 Å².